The number of nitrogens with zero attached hydrogens (tertiary/aromatic N) is 1. The van der Waals surface area contributed by atoms with Gasteiger partial charge in [-0.1, -0.05) is 18.2 Å². The van der Waals surface area contributed by atoms with Crippen molar-refractivity contribution < 1.29 is 4.79 Å². The van der Waals surface area contributed by atoms with Gasteiger partial charge in [0, 0.05) is 29.9 Å². The van der Waals surface area contributed by atoms with Crippen molar-refractivity contribution in [3.63, 3.8) is 0 Å². The molecule has 1 aliphatic carbocycles. The van der Waals surface area contributed by atoms with Crippen LogP contribution in [-0.4, -0.2) is 15.9 Å². The van der Waals surface area contributed by atoms with Crippen molar-refractivity contribution in [2.24, 2.45) is 0 Å². The molecule has 3 aromatic rings. The number of carbonyl (C=O) groups is 1. The van der Waals surface area contributed by atoms with E-state index in [-0.39, 0.29) is 11.9 Å². The molecule has 1 amide bonds. The van der Waals surface area contributed by atoms with Crippen molar-refractivity contribution >= 4 is 16.8 Å². The number of pyridine rings is 1. The summed E-state index contributed by atoms with van der Waals surface area (Å²) in [4.78, 5) is 20.1. The number of rotatable bonds is 4. The zero-order chi connectivity index (χ0) is 16.4. The molecule has 0 spiro atoms. The topological polar surface area (TPSA) is 57.8 Å². The third-order valence-electron chi connectivity index (χ3n) is 4.79. The highest BCUT2D eigenvalue weighted by molar-refractivity contribution is 5.79. The van der Waals surface area contributed by atoms with Gasteiger partial charge in [0.05, 0.1) is 11.6 Å². The summed E-state index contributed by atoms with van der Waals surface area (Å²) in [5.74, 6) is 0.113. The first kappa shape index (κ1) is 14.9. The second kappa shape index (κ2) is 6.48. The van der Waals surface area contributed by atoms with Crippen LogP contribution in [0.5, 0.6) is 0 Å². The first-order valence-electron chi connectivity index (χ1n) is 8.59. The smallest absolute Gasteiger partial charge is 0.220 e. The molecular formula is C20H21N3O. The van der Waals surface area contributed by atoms with Crippen molar-refractivity contribution in [1.82, 2.24) is 15.3 Å². The number of benzene rings is 1. The predicted octanol–water partition coefficient (Wildman–Crippen LogP) is 3.69. The Morgan fingerprint density at radius 3 is 3.17 bits per heavy atom. The van der Waals surface area contributed by atoms with Crippen LogP contribution < -0.4 is 5.32 Å². The number of nitrogens with one attached hydrogen (secondary N) is 2. The van der Waals surface area contributed by atoms with Gasteiger partial charge in [-0.3, -0.25) is 9.78 Å². The molecular weight excluding hydrogens is 298 g/mol. The Balaban J connectivity index is 1.38. The van der Waals surface area contributed by atoms with Gasteiger partial charge in [-0.15, -0.1) is 0 Å². The fourth-order valence-corrected chi connectivity index (χ4v) is 3.53. The lowest BCUT2D eigenvalue weighted by atomic mass is 9.93. The van der Waals surface area contributed by atoms with Crippen molar-refractivity contribution in [3.05, 3.63) is 65.6 Å². The Kier molecular flexibility index (Phi) is 4.03. The number of H-pyrrole nitrogens is 1. The van der Waals surface area contributed by atoms with E-state index in [0.29, 0.717) is 6.42 Å². The highest BCUT2D eigenvalue weighted by Crippen LogP contribution is 2.28. The van der Waals surface area contributed by atoms with E-state index >= 15 is 0 Å². The number of hydrogen-bond donors (Lipinski definition) is 2. The molecule has 1 aliphatic rings. The van der Waals surface area contributed by atoms with Gasteiger partial charge in [0.1, 0.15) is 0 Å². The van der Waals surface area contributed by atoms with Gasteiger partial charge in [-0.05, 0) is 55.0 Å². The minimum Gasteiger partial charge on any atom is -0.365 e. The second-order valence-corrected chi connectivity index (χ2v) is 6.46. The van der Waals surface area contributed by atoms with Crippen LogP contribution in [0.3, 0.4) is 0 Å². The Labute approximate surface area is 141 Å². The fraction of sp³-hybridized carbons (Fsp3) is 0.300. The summed E-state index contributed by atoms with van der Waals surface area (Å²) in [5, 5.41) is 4.31. The van der Waals surface area contributed by atoms with Crippen LogP contribution in [0.1, 0.15) is 42.1 Å². The maximum absolute atomic E-state index is 12.3. The van der Waals surface area contributed by atoms with Crippen LogP contribution in [0.15, 0.2) is 48.8 Å². The standard InChI is InChI=1S/C20H21N3O/c24-20(23-19-7-3-6-18-16(19)10-11-21-18)9-8-14-12-15-4-1-2-5-17(15)22-13-14/h1-2,4-5,10-13,19,21H,3,6-9H2,(H,23,24). The third kappa shape index (κ3) is 3.04. The zero-order valence-electron chi connectivity index (χ0n) is 13.6. The molecule has 0 aliphatic heterocycles. The highest BCUT2D eigenvalue weighted by Gasteiger charge is 2.22. The molecule has 2 N–H and O–H groups in total. The number of aryl methyl sites for hydroxylation is 2. The van der Waals surface area contributed by atoms with E-state index in [1.54, 1.807) is 0 Å². The number of hydrogen-bond acceptors (Lipinski definition) is 2. The zero-order valence-corrected chi connectivity index (χ0v) is 13.6. The maximum Gasteiger partial charge on any atom is 0.220 e. The number of aromatic amines is 1. The number of para-hydroxylation sites is 1. The molecule has 2 heterocycles. The van der Waals surface area contributed by atoms with Gasteiger partial charge >= 0.3 is 0 Å². The van der Waals surface area contributed by atoms with Gasteiger partial charge in [-0.2, -0.15) is 0 Å². The molecule has 2 aromatic heterocycles. The molecule has 0 radical (unpaired) electrons. The average molecular weight is 319 g/mol. The molecule has 0 bridgehead atoms. The van der Waals surface area contributed by atoms with E-state index in [2.05, 4.69) is 33.5 Å². The first-order valence-corrected chi connectivity index (χ1v) is 8.59. The SMILES string of the molecule is O=C(CCc1cnc2ccccc2c1)NC1CCCc2[nH]ccc21. The van der Waals surface area contributed by atoms with E-state index in [9.17, 15) is 4.79 Å². The summed E-state index contributed by atoms with van der Waals surface area (Å²) < 4.78 is 0. The van der Waals surface area contributed by atoms with E-state index in [4.69, 9.17) is 0 Å². The molecule has 0 saturated carbocycles. The van der Waals surface area contributed by atoms with E-state index in [0.717, 1.165) is 42.1 Å². The van der Waals surface area contributed by atoms with E-state index < -0.39 is 0 Å². The van der Waals surface area contributed by atoms with E-state index in [1.807, 2.05) is 30.6 Å². The van der Waals surface area contributed by atoms with Crippen molar-refractivity contribution in [3.8, 4) is 0 Å². The molecule has 0 fully saturated rings. The lowest BCUT2D eigenvalue weighted by Gasteiger charge is -2.23. The molecule has 4 rings (SSSR count). The molecule has 122 valence electrons. The first-order chi connectivity index (χ1) is 11.8. The lowest BCUT2D eigenvalue weighted by molar-refractivity contribution is -0.121. The van der Waals surface area contributed by atoms with Gasteiger partial charge in [0.15, 0.2) is 0 Å². The maximum atomic E-state index is 12.3. The minimum atomic E-state index is 0.113. The molecule has 24 heavy (non-hydrogen) atoms. The van der Waals surface area contributed by atoms with Crippen molar-refractivity contribution in [1.29, 1.82) is 0 Å². The van der Waals surface area contributed by atoms with Crippen LogP contribution in [0.25, 0.3) is 10.9 Å². The summed E-state index contributed by atoms with van der Waals surface area (Å²) in [6.45, 7) is 0. The highest BCUT2D eigenvalue weighted by atomic mass is 16.1. The Morgan fingerprint density at radius 1 is 1.29 bits per heavy atom. The van der Waals surface area contributed by atoms with E-state index in [1.165, 1.54) is 11.3 Å². The Hall–Kier alpha value is -2.62. The quantitative estimate of drug-likeness (QED) is 0.770. The predicted molar refractivity (Wildman–Crippen MR) is 94.7 cm³/mol. The molecule has 4 nitrogen and oxygen atoms in total. The minimum absolute atomic E-state index is 0.113. The Bertz CT molecular complexity index is 868. The summed E-state index contributed by atoms with van der Waals surface area (Å²) >= 11 is 0. The monoisotopic (exact) mass is 319 g/mol. The van der Waals surface area contributed by atoms with Crippen LogP contribution in [-0.2, 0) is 17.6 Å². The lowest BCUT2D eigenvalue weighted by Crippen LogP contribution is -2.30. The molecule has 1 atom stereocenters. The van der Waals surface area contributed by atoms with Gasteiger partial charge in [0.2, 0.25) is 5.91 Å². The summed E-state index contributed by atoms with van der Waals surface area (Å²) in [7, 11) is 0. The van der Waals surface area contributed by atoms with Gasteiger partial charge < -0.3 is 10.3 Å². The number of aromatic nitrogens is 2. The fourth-order valence-electron chi connectivity index (χ4n) is 3.53. The number of carbonyl (C=O) groups excluding carboxylic acids is 1. The molecule has 0 saturated heterocycles. The summed E-state index contributed by atoms with van der Waals surface area (Å²) in [6.07, 6.45) is 8.28. The van der Waals surface area contributed by atoms with Crippen molar-refractivity contribution in [2.75, 3.05) is 0 Å². The van der Waals surface area contributed by atoms with Gasteiger partial charge in [-0.25, -0.2) is 0 Å². The largest absolute Gasteiger partial charge is 0.365 e. The van der Waals surface area contributed by atoms with Crippen LogP contribution in [0.4, 0.5) is 0 Å². The summed E-state index contributed by atoms with van der Waals surface area (Å²) in [5.41, 5.74) is 4.62. The normalized spacial score (nSPS) is 16.8. The van der Waals surface area contributed by atoms with Crippen molar-refractivity contribution in [2.45, 2.75) is 38.1 Å². The number of amides is 1. The molecule has 1 aromatic carbocycles. The van der Waals surface area contributed by atoms with Gasteiger partial charge in [0.25, 0.3) is 0 Å². The number of fused-ring (bicyclic) bond motifs is 2. The Morgan fingerprint density at radius 2 is 2.21 bits per heavy atom. The summed E-state index contributed by atoms with van der Waals surface area (Å²) in [6, 6.07) is 12.4. The average Bonchev–Trinajstić information content (AvgIpc) is 3.10. The third-order valence-corrected chi connectivity index (χ3v) is 4.79. The molecule has 4 heteroatoms. The molecule has 1 unspecified atom stereocenters. The van der Waals surface area contributed by atoms with Crippen LogP contribution >= 0.6 is 0 Å². The van der Waals surface area contributed by atoms with Crippen LogP contribution in [0, 0.1) is 0 Å². The van der Waals surface area contributed by atoms with Crippen LogP contribution in [0.2, 0.25) is 0 Å². The second-order valence-electron chi connectivity index (χ2n) is 6.46.